The van der Waals surface area contributed by atoms with Gasteiger partial charge in [-0.3, -0.25) is 0 Å². The van der Waals surface area contributed by atoms with Crippen molar-refractivity contribution in [3.05, 3.63) is 71.3 Å². The van der Waals surface area contributed by atoms with Crippen LogP contribution in [0.15, 0.2) is 54.6 Å². The quantitative estimate of drug-likeness (QED) is 0.639. The molecule has 0 fully saturated rings. The maximum atomic E-state index is 6.20. The molecular weight excluding hydrogens is 292 g/mol. The zero-order chi connectivity index (χ0) is 17.3. The molecule has 0 aliphatic rings. The number of hydrogen-bond donors (Lipinski definition) is 2. The van der Waals surface area contributed by atoms with E-state index < -0.39 is 0 Å². The first kappa shape index (κ1) is 16.1. The van der Waals surface area contributed by atoms with Crippen molar-refractivity contribution in [2.75, 3.05) is 11.5 Å². The number of anilines is 2. The van der Waals surface area contributed by atoms with E-state index in [1.54, 1.807) is 0 Å². The van der Waals surface area contributed by atoms with Gasteiger partial charge in [0, 0.05) is 11.4 Å². The highest BCUT2D eigenvalue weighted by Crippen LogP contribution is 2.38. The van der Waals surface area contributed by atoms with Crippen molar-refractivity contribution in [3.8, 4) is 22.3 Å². The van der Waals surface area contributed by atoms with Crippen molar-refractivity contribution >= 4 is 11.4 Å². The minimum Gasteiger partial charge on any atom is -0.399 e. The zero-order valence-electron chi connectivity index (χ0n) is 14.6. The Balaban J connectivity index is 2.23. The van der Waals surface area contributed by atoms with E-state index in [2.05, 4.69) is 56.3 Å². The van der Waals surface area contributed by atoms with Crippen LogP contribution in [0.4, 0.5) is 11.4 Å². The molecule has 4 N–H and O–H groups in total. The lowest BCUT2D eigenvalue weighted by Gasteiger charge is -2.16. The minimum absolute atomic E-state index is 0.819. The van der Waals surface area contributed by atoms with Crippen molar-refractivity contribution in [1.29, 1.82) is 0 Å². The van der Waals surface area contributed by atoms with Gasteiger partial charge >= 0.3 is 0 Å². The highest BCUT2D eigenvalue weighted by Gasteiger charge is 2.13. The summed E-state index contributed by atoms with van der Waals surface area (Å²) >= 11 is 0. The van der Waals surface area contributed by atoms with Crippen LogP contribution < -0.4 is 11.5 Å². The molecule has 0 heterocycles. The lowest BCUT2D eigenvalue weighted by atomic mass is 9.89. The number of hydrogen-bond acceptors (Lipinski definition) is 2. The first-order chi connectivity index (χ1) is 11.5. The van der Waals surface area contributed by atoms with E-state index in [1.807, 2.05) is 19.1 Å². The Morgan fingerprint density at radius 1 is 0.750 bits per heavy atom. The van der Waals surface area contributed by atoms with Crippen molar-refractivity contribution in [2.45, 2.75) is 27.2 Å². The second-order valence-corrected chi connectivity index (χ2v) is 6.32. The molecular formula is C22H24N2. The molecule has 122 valence electrons. The van der Waals surface area contributed by atoms with Crippen LogP contribution in [0.25, 0.3) is 22.3 Å². The first-order valence-electron chi connectivity index (χ1n) is 8.36. The summed E-state index contributed by atoms with van der Waals surface area (Å²) in [6, 6.07) is 19.0. The SMILES string of the molecule is CCc1ccc(-c2c(-c3ccc(N)c(C)c3)ccc(N)c2C)cc1. The molecule has 3 aromatic rings. The molecule has 0 saturated heterocycles. The molecule has 0 bridgehead atoms. The predicted molar refractivity (Wildman–Crippen MR) is 105 cm³/mol. The summed E-state index contributed by atoms with van der Waals surface area (Å²) in [6.07, 6.45) is 1.04. The van der Waals surface area contributed by atoms with Crippen LogP contribution in [0.5, 0.6) is 0 Å². The number of nitrogens with two attached hydrogens (primary N) is 2. The Morgan fingerprint density at radius 3 is 2.00 bits per heavy atom. The third-order valence-electron chi connectivity index (χ3n) is 4.74. The largest absolute Gasteiger partial charge is 0.399 e. The van der Waals surface area contributed by atoms with Gasteiger partial charge in [-0.1, -0.05) is 43.3 Å². The molecule has 0 amide bonds. The van der Waals surface area contributed by atoms with Gasteiger partial charge in [-0.25, -0.2) is 0 Å². The Hall–Kier alpha value is -2.74. The van der Waals surface area contributed by atoms with Crippen LogP contribution in [0.2, 0.25) is 0 Å². The molecule has 0 aliphatic heterocycles. The van der Waals surface area contributed by atoms with Crippen LogP contribution in [-0.2, 0) is 6.42 Å². The molecule has 0 aromatic heterocycles. The van der Waals surface area contributed by atoms with Gasteiger partial charge in [0.05, 0.1) is 0 Å². The van der Waals surface area contributed by atoms with Gasteiger partial charge in [-0.05, 0) is 77.4 Å². The minimum atomic E-state index is 0.819. The standard InChI is InChI=1S/C22H24N2/c1-4-16-5-7-17(8-6-16)22-15(3)21(24)12-10-19(22)18-9-11-20(23)14(2)13-18/h5-13H,4,23-24H2,1-3H3. The molecule has 0 atom stereocenters. The summed E-state index contributed by atoms with van der Waals surface area (Å²) in [5.74, 6) is 0. The number of aryl methyl sites for hydroxylation is 2. The highest BCUT2D eigenvalue weighted by molar-refractivity contribution is 5.89. The summed E-state index contributed by atoms with van der Waals surface area (Å²) in [5.41, 5.74) is 22.1. The van der Waals surface area contributed by atoms with Gasteiger partial charge in [-0.2, -0.15) is 0 Å². The summed E-state index contributed by atoms with van der Waals surface area (Å²) in [7, 11) is 0. The van der Waals surface area contributed by atoms with E-state index in [0.29, 0.717) is 0 Å². The van der Waals surface area contributed by atoms with E-state index in [0.717, 1.165) is 28.9 Å². The van der Waals surface area contributed by atoms with E-state index in [9.17, 15) is 0 Å². The predicted octanol–water partition coefficient (Wildman–Crippen LogP) is 5.36. The van der Waals surface area contributed by atoms with E-state index >= 15 is 0 Å². The summed E-state index contributed by atoms with van der Waals surface area (Å²) < 4.78 is 0. The van der Waals surface area contributed by atoms with Crippen LogP contribution in [0, 0.1) is 13.8 Å². The van der Waals surface area contributed by atoms with Gasteiger partial charge in [-0.15, -0.1) is 0 Å². The third-order valence-corrected chi connectivity index (χ3v) is 4.74. The van der Waals surface area contributed by atoms with Crippen molar-refractivity contribution < 1.29 is 0 Å². The highest BCUT2D eigenvalue weighted by atomic mass is 14.6. The van der Waals surface area contributed by atoms with Crippen LogP contribution >= 0.6 is 0 Å². The van der Waals surface area contributed by atoms with Gasteiger partial charge in [0.1, 0.15) is 0 Å². The van der Waals surface area contributed by atoms with Gasteiger partial charge in [0.25, 0.3) is 0 Å². The number of nitrogen functional groups attached to an aromatic ring is 2. The lowest BCUT2D eigenvalue weighted by Crippen LogP contribution is -1.97. The van der Waals surface area contributed by atoms with Gasteiger partial charge in [0.15, 0.2) is 0 Å². The Morgan fingerprint density at radius 2 is 1.38 bits per heavy atom. The van der Waals surface area contributed by atoms with Crippen molar-refractivity contribution in [2.24, 2.45) is 0 Å². The topological polar surface area (TPSA) is 52.0 Å². The van der Waals surface area contributed by atoms with Crippen LogP contribution in [0.3, 0.4) is 0 Å². The molecule has 2 heteroatoms. The molecule has 0 unspecified atom stereocenters. The molecule has 0 spiro atoms. The third kappa shape index (κ3) is 2.88. The summed E-state index contributed by atoms with van der Waals surface area (Å²) in [6.45, 7) is 6.30. The van der Waals surface area contributed by atoms with Crippen LogP contribution in [-0.4, -0.2) is 0 Å². The lowest BCUT2D eigenvalue weighted by molar-refractivity contribution is 1.14. The number of rotatable bonds is 3. The van der Waals surface area contributed by atoms with E-state index in [-0.39, 0.29) is 0 Å². The Labute approximate surface area is 144 Å². The van der Waals surface area contributed by atoms with Gasteiger partial charge < -0.3 is 11.5 Å². The van der Waals surface area contributed by atoms with E-state index in [1.165, 1.54) is 27.8 Å². The molecule has 3 rings (SSSR count). The Bertz CT molecular complexity index is 877. The summed E-state index contributed by atoms with van der Waals surface area (Å²) in [5, 5.41) is 0. The van der Waals surface area contributed by atoms with Crippen LogP contribution in [0.1, 0.15) is 23.6 Å². The fraction of sp³-hybridized carbons (Fsp3) is 0.182. The second-order valence-electron chi connectivity index (χ2n) is 6.32. The first-order valence-corrected chi connectivity index (χ1v) is 8.36. The molecule has 0 radical (unpaired) electrons. The average molecular weight is 316 g/mol. The fourth-order valence-corrected chi connectivity index (χ4v) is 3.09. The normalized spacial score (nSPS) is 10.8. The molecule has 3 aromatic carbocycles. The molecule has 0 saturated carbocycles. The fourth-order valence-electron chi connectivity index (χ4n) is 3.09. The zero-order valence-corrected chi connectivity index (χ0v) is 14.6. The maximum Gasteiger partial charge on any atom is 0.0350 e. The molecule has 0 aliphatic carbocycles. The Kier molecular flexibility index (Phi) is 4.30. The smallest absolute Gasteiger partial charge is 0.0350 e. The monoisotopic (exact) mass is 316 g/mol. The number of benzene rings is 3. The van der Waals surface area contributed by atoms with Gasteiger partial charge in [0.2, 0.25) is 0 Å². The molecule has 2 nitrogen and oxygen atoms in total. The van der Waals surface area contributed by atoms with Crippen molar-refractivity contribution in [3.63, 3.8) is 0 Å². The second kappa shape index (κ2) is 6.40. The summed E-state index contributed by atoms with van der Waals surface area (Å²) in [4.78, 5) is 0. The molecule has 24 heavy (non-hydrogen) atoms. The maximum absolute atomic E-state index is 6.20. The van der Waals surface area contributed by atoms with Crippen molar-refractivity contribution in [1.82, 2.24) is 0 Å². The van der Waals surface area contributed by atoms with E-state index in [4.69, 9.17) is 11.5 Å². The average Bonchev–Trinajstić information content (AvgIpc) is 2.60.